The third-order valence-electron chi connectivity index (χ3n) is 2.82. The van der Waals surface area contributed by atoms with Gasteiger partial charge in [0.2, 0.25) is 0 Å². The average molecular weight is 266 g/mol. The standard InChI is InChI=1S/C12H16ClN5/c1-18-16-12(15-17-18)7-9(8-14)6-10-4-2-3-5-11(10)13/h2-5,9H,6-8,14H2,1H3. The number of aryl methyl sites for hydroxylation is 1. The molecule has 0 aliphatic heterocycles. The Labute approximate surface area is 111 Å². The van der Waals surface area contributed by atoms with Crippen molar-refractivity contribution in [1.29, 1.82) is 0 Å². The predicted molar refractivity (Wildman–Crippen MR) is 70.2 cm³/mol. The minimum Gasteiger partial charge on any atom is -0.330 e. The van der Waals surface area contributed by atoms with Gasteiger partial charge < -0.3 is 5.73 Å². The molecular formula is C12H16ClN5. The normalized spacial score (nSPS) is 12.6. The van der Waals surface area contributed by atoms with Crippen molar-refractivity contribution in [3.05, 3.63) is 40.7 Å². The van der Waals surface area contributed by atoms with E-state index < -0.39 is 0 Å². The molecule has 5 nitrogen and oxygen atoms in total. The van der Waals surface area contributed by atoms with E-state index in [0.29, 0.717) is 6.54 Å². The van der Waals surface area contributed by atoms with Gasteiger partial charge in [0.15, 0.2) is 5.82 Å². The fourth-order valence-electron chi connectivity index (χ4n) is 1.88. The highest BCUT2D eigenvalue weighted by Crippen LogP contribution is 2.19. The van der Waals surface area contributed by atoms with Crippen molar-refractivity contribution in [2.75, 3.05) is 6.54 Å². The van der Waals surface area contributed by atoms with E-state index in [0.717, 1.165) is 29.3 Å². The molecule has 1 heterocycles. The van der Waals surface area contributed by atoms with Crippen molar-refractivity contribution in [3.63, 3.8) is 0 Å². The van der Waals surface area contributed by atoms with Gasteiger partial charge in [0, 0.05) is 11.4 Å². The fraction of sp³-hybridized carbons (Fsp3) is 0.417. The molecule has 1 atom stereocenters. The van der Waals surface area contributed by atoms with Crippen molar-refractivity contribution in [3.8, 4) is 0 Å². The summed E-state index contributed by atoms with van der Waals surface area (Å²) in [5.41, 5.74) is 6.91. The summed E-state index contributed by atoms with van der Waals surface area (Å²) >= 11 is 6.14. The zero-order valence-corrected chi connectivity index (χ0v) is 11.0. The Morgan fingerprint density at radius 3 is 2.72 bits per heavy atom. The summed E-state index contributed by atoms with van der Waals surface area (Å²) in [7, 11) is 1.75. The molecule has 1 aromatic carbocycles. The van der Waals surface area contributed by atoms with Gasteiger partial charge in [-0.2, -0.15) is 4.80 Å². The Hall–Kier alpha value is -1.46. The molecule has 18 heavy (non-hydrogen) atoms. The van der Waals surface area contributed by atoms with Gasteiger partial charge in [0.05, 0.1) is 7.05 Å². The van der Waals surface area contributed by atoms with Crippen molar-refractivity contribution >= 4 is 11.6 Å². The summed E-state index contributed by atoms with van der Waals surface area (Å²) in [6, 6.07) is 7.82. The molecule has 0 spiro atoms. The van der Waals surface area contributed by atoms with Crippen molar-refractivity contribution < 1.29 is 0 Å². The van der Waals surface area contributed by atoms with Gasteiger partial charge >= 0.3 is 0 Å². The maximum atomic E-state index is 6.14. The first-order valence-corrected chi connectivity index (χ1v) is 6.23. The molecule has 0 aliphatic carbocycles. The van der Waals surface area contributed by atoms with Gasteiger partial charge in [-0.3, -0.25) is 0 Å². The van der Waals surface area contributed by atoms with Gasteiger partial charge in [0.25, 0.3) is 0 Å². The number of rotatable bonds is 5. The van der Waals surface area contributed by atoms with Crippen molar-refractivity contribution in [1.82, 2.24) is 20.2 Å². The number of hydrogen-bond acceptors (Lipinski definition) is 4. The molecule has 6 heteroatoms. The molecule has 1 aromatic heterocycles. The second-order valence-electron chi connectivity index (χ2n) is 4.30. The Balaban J connectivity index is 2.04. The number of benzene rings is 1. The van der Waals surface area contributed by atoms with Crippen LogP contribution in [0.1, 0.15) is 11.4 Å². The Kier molecular flexibility index (Phi) is 4.28. The summed E-state index contributed by atoms with van der Waals surface area (Å²) in [6.07, 6.45) is 1.55. The topological polar surface area (TPSA) is 69.6 Å². The lowest BCUT2D eigenvalue weighted by molar-refractivity contribution is 0.517. The highest BCUT2D eigenvalue weighted by Gasteiger charge is 2.13. The highest BCUT2D eigenvalue weighted by atomic mass is 35.5. The monoisotopic (exact) mass is 265 g/mol. The molecule has 2 rings (SSSR count). The molecule has 0 fully saturated rings. The molecule has 2 aromatic rings. The molecule has 0 bridgehead atoms. The third kappa shape index (κ3) is 3.27. The second kappa shape index (κ2) is 5.93. The molecule has 0 amide bonds. The van der Waals surface area contributed by atoms with Crippen LogP contribution < -0.4 is 5.73 Å². The largest absolute Gasteiger partial charge is 0.330 e. The maximum absolute atomic E-state index is 6.14. The SMILES string of the molecule is Cn1nnc(CC(CN)Cc2ccccc2Cl)n1. The molecule has 0 radical (unpaired) electrons. The summed E-state index contributed by atoms with van der Waals surface area (Å²) in [6.45, 7) is 0.573. The lowest BCUT2D eigenvalue weighted by Crippen LogP contribution is -2.20. The summed E-state index contributed by atoms with van der Waals surface area (Å²) in [5.74, 6) is 0.995. The highest BCUT2D eigenvalue weighted by molar-refractivity contribution is 6.31. The predicted octanol–water partition coefficient (Wildman–Crippen LogP) is 1.22. The van der Waals surface area contributed by atoms with Gasteiger partial charge in [-0.05, 0) is 35.7 Å². The molecular weight excluding hydrogens is 250 g/mol. The molecule has 0 aliphatic rings. The second-order valence-corrected chi connectivity index (χ2v) is 4.70. The minimum absolute atomic E-state index is 0.272. The summed E-state index contributed by atoms with van der Waals surface area (Å²) < 4.78 is 0. The first-order chi connectivity index (χ1) is 8.69. The van der Waals surface area contributed by atoms with E-state index in [-0.39, 0.29) is 5.92 Å². The number of halogens is 1. The van der Waals surface area contributed by atoms with Crippen LogP contribution in [-0.4, -0.2) is 26.8 Å². The van der Waals surface area contributed by atoms with E-state index in [4.69, 9.17) is 17.3 Å². The molecule has 0 saturated heterocycles. The summed E-state index contributed by atoms with van der Waals surface area (Å²) in [5, 5.41) is 12.7. The van der Waals surface area contributed by atoms with Crippen LogP contribution in [0.2, 0.25) is 5.02 Å². The number of aromatic nitrogens is 4. The van der Waals surface area contributed by atoms with Crippen LogP contribution >= 0.6 is 11.6 Å². The Morgan fingerprint density at radius 2 is 2.11 bits per heavy atom. The number of nitrogens with zero attached hydrogens (tertiary/aromatic N) is 4. The van der Waals surface area contributed by atoms with Gasteiger partial charge in [-0.25, -0.2) is 0 Å². The number of nitrogens with two attached hydrogens (primary N) is 1. The lowest BCUT2D eigenvalue weighted by atomic mass is 9.96. The maximum Gasteiger partial charge on any atom is 0.175 e. The van der Waals surface area contributed by atoms with Gasteiger partial charge in [-0.15, -0.1) is 10.2 Å². The van der Waals surface area contributed by atoms with Gasteiger partial charge in [-0.1, -0.05) is 29.8 Å². The van der Waals surface area contributed by atoms with E-state index >= 15 is 0 Å². The molecule has 0 saturated carbocycles. The zero-order valence-electron chi connectivity index (χ0n) is 10.3. The van der Waals surface area contributed by atoms with E-state index in [1.807, 2.05) is 24.3 Å². The Morgan fingerprint density at radius 1 is 1.33 bits per heavy atom. The van der Waals surface area contributed by atoms with Crippen molar-refractivity contribution in [2.45, 2.75) is 12.8 Å². The zero-order chi connectivity index (χ0) is 13.0. The van der Waals surface area contributed by atoms with E-state index in [9.17, 15) is 0 Å². The van der Waals surface area contributed by atoms with Crippen LogP contribution in [0.5, 0.6) is 0 Å². The number of hydrogen-bond donors (Lipinski definition) is 1. The van der Waals surface area contributed by atoms with Crippen LogP contribution in [0.15, 0.2) is 24.3 Å². The molecule has 1 unspecified atom stereocenters. The quantitative estimate of drug-likeness (QED) is 0.883. The third-order valence-corrected chi connectivity index (χ3v) is 3.19. The van der Waals surface area contributed by atoms with E-state index in [1.54, 1.807) is 7.05 Å². The van der Waals surface area contributed by atoms with E-state index in [2.05, 4.69) is 15.4 Å². The Bertz CT molecular complexity index is 511. The number of tetrazole rings is 1. The van der Waals surface area contributed by atoms with Crippen molar-refractivity contribution in [2.24, 2.45) is 18.7 Å². The van der Waals surface area contributed by atoms with Crippen LogP contribution in [0.3, 0.4) is 0 Å². The van der Waals surface area contributed by atoms with Crippen LogP contribution in [-0.2, 0) is 19.9 Å². The first kappa shape index (κ1) is 13.0. The minimum atomic E-state index is 0.272. The van der Waals surface area contributed by atoms with Crippen LogP contribution in [0.4, 0.5) is 0 Å². The molecule has 96 valence electrons. The molecule has 2 N–H and O–H groups in total. The van der Waals surface area contributed by atoms with Gasteiger partial charge in [0.1, 0.15) is 0 Å². The van der Waals surface area contributed by atoms with Crippen LogP contribution in [0, 0.1) is 5.92 Å². The van der Waals surface area contributed by atoms with Crippen LogP contribution in [0.25, 0.3) is 0 Å². The average Bonchev–Trinajstić information content (AvgIpc) is 2.76. The summed E-state index contributed by atoms with van der Waals surface area (Å²) in [4.78, 5) is 1.46. The smallest absolute Gasteiger partial charge is 0.175 e. The first-order valence-electron chi connectivity index (χ1n) is 5.85. The lowest BCUT2D eigenvalue weighted by Gasteiger charge is -2.13. The fourth-order valence-corrected chi connectivity index (χ4v) is 2.09. The van der Waals surface area contributed by atoms with E-state index in [1.165, 1.54) is 4.80 Å².